The van der Waals surface area contributed by atoms with Gasteiger partial charge in [0.05, 0.1) is 11.0 Å². The fraction of sp³-hybridized carbons (Fsp3) is 0.476. The van der Waals surface area contributed by atoms with Gasteiger partial charge >= 0.3 is 6.03 Å². The van der Waals surface area contributed by atoms with Gasteiger partial charge in [0.25, 0.3) is 0 Å². The maximum atomic E-state index is 12.8. The normalized spacial score (nSPS) is 22.2. The molecular formula is C21H27N5O2S2. The number of thioether (sulfide) groups is 1. The number of benzene rings is 1. The number of para-hydroxylation sites is 1. The molecule has 1 aromatic carbocycles. The Morgan fingerprint density at radius 2 is 2.10 bits per heavy atom. The number of urea groups is 1. The van der Waals surface area contributed by atoms with E-state index in [0.717, 1.165) is 47.2 Å². The maximum absolute atomic E-state index is 12.8. The van der Waals surface area contributed by atoms with Crippen LogP contribution in [0.15, 0.2) is 35.6 Å². The number of fused-ring (bicyclic) bond motifs is 1. The third-order valence-corrected chi connectivity index (χ3v) is 7.24. The van der Waals surface area contributed by atoms with Crippen LogP contribution < -0.4 is 5.32 Å². The molecule has 0 spiro atoms. The summed E-state index contributed by atoms with van der Waals surface area (Å²) >= 11 is 6.95. The summed E-state index contributed by atoms with van der Waals surface area (Å²) in [6.07, 6.45) is 8.19. The second-order valence-corrected chi connectivity index (χ2v) is 10.6. The lowest BCUT2D eigenvalue weighted by Gasteiger charge is -2.35. The van der Waals surface area contributed by atoms with Crippen molar-refractivity contribution in [3.8, 4) is 0 Å². The van der Waals surface area contributed by atoms with Crippen LogP contribution in [0, 0.1) is 0 Å². The largest absolute Gasteiger partial charge is 0.361 e. The van der Waals surface area contributed by atoms with E-state index in [1.54, 1.807) is 11.2 Å². The molecule has 7 nitrogen and oxygen atoms in total. The fourth-order valence-electron chi connectivity index (χ4n) is 4.15. The lowest BCUT2D eigenvalue weighted by molar-refractivity contribution is -0.119. The topological polar surface area (TPSA) is 84.0 Å². The maximum Gasteiger partial charge on any atom is 0.343 e. The molecule has 160 valence electrons. The van der Waals surface area contributed by atoms with Crippen molar-refractivity contribution in [3.63, 3.8) is 0 Å². The summed E-state index contributed by atoms with van der Waals surface area (Å²) in [6.45, 7) is 3.90. The van der Waals surface area contributed by atoms with Crippen molar-refractivity contribution < 1.29 is 10.0 Å². The third-order valence-electron chi connectivity index (χ3n) is 5.71. The van der Waals surface area contributed by atoms with Crippen molar-refractivity contribution >= 4 is 51.4 Å². The molecule has 30 heavy (non-hydrogen) atoms. The van der Waals surface area contributed by atoms with E-state index >= 15 is 0 Å². The predicted octanol–water partition coefficient (Wildman–Crippen LogP) is 4.67. The third kappa shape index (κ3) is 4.19. The quantitative estimate of drug-likeness (QED) is 0.276. The molecule has 9 heteroatoms. The van der Waals surface area contributed by atoms with Crippen LogP contribution in [0.4, 0.5) is 4.79 Å². The van der Waals surface area contributed by atoms with E-state index in [-0.39, 0.29) is 6.04 Å². The first-order valence-electron chi connectivity index (χ1n) is 10.3. The second kappa shape index (κ2) is 8.56. The number of rotatable bonds is 4. The zero-order valence-electron chi connectivity index (χ0n) is 17.2. The Balaban J connectivity index is 1.54. The zero-order valence-corrected chi connectivity index (χ0v) is 18.8. The number of nitrogens with one attached hydrogen (secondary N) is 2. The number of hydroxylamine groups is 2. The van der Waals surface area contributed by atoms with Crippen LogP contribution in [-0.2, 0) is 0 Å². The number of carbonyl (C=O) groups is 1. The van der Waals surface area contributed by atoms with E-state index in [9.17, 15) is 10.0 Å². The molecule has 2 fully saturated rings. The molecule has 2 aliphatic rings. The molecule has 2 aromatic rings. The van der Waals surface area contributed by atoms with E-state index in [1.807, 2.05) is 44.3 Å². The molecule has 0 unspecified atom stereocenters. The van der Waals surface area contributed by atoms with Gasteiger partial charge in [-0.3, -0.25) is 5.21 Å². The molecule has 1 saturated heterocycles. The van der Waals surface area contributed by atoms with Gasteiger partial charge in [-0.05, 0) is 32.8 Å². The molecule has 2 heterocycles. The lowest BCUT2D eigenvalue weighted by atomic mass is 9.96. The Bertz CT molecular complexity index is 967. The van der Waals surface area contributed by atoms with Crippen molar-refractivity contribution in [2.45, 2.75) is 62.9 Å². The molecule has 4 rings (SSSR count). The number of carbonyl (C=O) groups excluding carboxylic acids is 1. The van der Waals surface area contributed by atoms with Gasteiger partial charge in [0, 0.05) is 28.7 Å². The smallest absolute Gasteiger partial charge is 0.343 e. The number of aromatic nitrogens is 1. The van der Waals surface area contributed by atoms with Gasteiger partial charge in [-0.15, -0.1) is 0 Å². The highest BCUT2D eigenvalue weighted by atomic mass is 32.2. The van der Waals surface area contributed by atoms with Gasteiger partial charge in [-0.1, -0.05) is 61.4 Å². The van der Waals surface area contributed by atoms with E-state index in [2.05, 4.69) is 15.4 Å². The Morgan fingerprint density at radius 1 is 1.37 bits per heavy atom. The van der Waals surface area contributed by atoms with Crippen molar-refractivity contribution in [1.29, 1.82) is 0 Å². The molecule has 3 N–H and O–H groups in total. The monoisotopic (exact) mass is 445 g/mol. The molecular weight excluding hydrogens is 418 g/mol. The Hall–Kier alpha value is -2.10. The molecule has 1 saturated carbocycles. The molecule has 1 atom stereocenters. The Kier molecular flexibility index (Phi) is 6.04. The number of amides is 2. The van der Waals surface area contributed by atoms with Crippen LogP contribution in [0.2, 0.25) is 0 Å². The lowest BCUT2D eigenvalue weighted by Crippen LogP contribution is -2.57. The van der Waals surface area contributed by atoms with Crippen LogP contribution >= 0.6 is 24.0 Å². The number of hydrazone groups is 1. The van der Waals surface area contributed by atoms with Crippen LogP contribution in [0.1, 0.15) is 51.5 Å². The minimum Gasteiger partial charge on any atom is -0.361 e. The summed E-state index contributed by atoms with van der Waals surface area (Å²) in [5.74, 6) is 0. The SMILES string of the molecule is CC1(C)SC(=S)N(/N=C\c2c[nH]c3ccccc23)[C@H]1N(O)C(=O)NC1CCCCC1. The van der Waals surface area contributed by atoms with Crippen LogP contribution in [0.5, 0.6) is 0 Å². The molecule has 0 bridgehead atoms. The summed E-state index contributed by atoms with van der Waals surface area (Å²) in [6, 6.07) is 7.56. The highest BCUT2D eigenvalue weighted by molar-refractivity contribution is 8.24. The molecule has 1 aliphatic carbocycles. The second-order valence-electron chi connectivity index (χ2n) is 8.35. The van der Waals surface area contributed by atoms with E-state index in [4.69, 9.17) is 12.2 Å². The number of thiocarbonyl (C=S) groups is 1. The average molecular weight is 446 g/mol. The molecule has 1 aromatic heterocycles. The first kappa shape index (κ1) is 21.1. The highest BCUT2D eigenvalue weighted by Crippen LogP contribution is 2.42. The minimum absolute atomic E-state index is 0.105. The van der Waals surface area contributed by atoms with Crippen LogP contribution in [-0.4, -0.2) is 53.8 Å². The van der Waals surface area contributed by atoms with Crippen LogP contribution in [0.3, 0.4) is 0 Å². The zero-order chi connectivity index (χ0) is 21.3. The molecule has 1 aliphatic heterocycles. The summed E-state index contributed by atoms with van der Waals surface area (Å²) in [4.78, 5) is 16.0. The van der Waals surface area contributed by atoms with E-state index in [1.165, 1.54) is 18.2 Å². The number of H-pyrrole nitrogens is 1. The van der Waals surface area contributed by atoms with Gasteiger partial charge in [-0.25, -0.2) is 9.80 Å². The fourth-order valence-corrected chi connectivity index (χ4v) is 5.94. The van der Waals surface area contributed by atoms with Crippen molar-refractivity contribution in [2.24, 2.45) is 5.10 Å². The number of nitrogens with zero attached hydrogens (tertiary/aromatic N) is 3. The van der Waals surface area contributed by atoms with Gasteiger partial charge < -0.3 is 10.3 Å². The summed E-state index contributed by atoms with van der Waals surface area (Å²) in [7, 11) is 0. The van der Waals surface area contributed by atoms with Crippen molar-refractivity contribution in [2.75, 3.05) is 0 Å². The number of hydrogen-bond acceptors (Lipinski definition) is 5. The highest BCUT2D eigenvalue weighted by Gasteiger charge is 2.50. The average Bonchev–Trinajstić information content (AvgIpc) is 3.23. The first-order valence-corrected chi connectivity index (χ1v) is 11.5. The molecule has 2 amide bonds. The van der Waals surface area contributed by atoms with Crippen molar-refractivity contribution in [1.82, 2.24) is 20.4 Å². The number of aromatic amines is 1. The van der Waals surface area contributed by atoms with E-state index < -0.39 is 16.9 Å². The van der Waals surface area contributed by atoms with Gasteiger partial charge in [0.15, 0.2) is 10.5 Å². The van der Waals surface area contributed by atoms with Gasteiger partial charge in [-0.2, -0.15) is 10.2 Å². The van der Waals surface area contributed by atoms with E-state index in [0.29, 0.717) is 4.32 Å². The van der Waals surface area contributed by atoms with Gasteiger partial charge in [0.1, 0.15) is 0 Å². The standard InChI is InChI=1S/C21H27N5O2S2/c1-21(2)18(26(28)19(27)24-15-8-4-3-5-9-15)25(20(29)30-21)23-13-14-12-22-17-11-7-6-10-16(14)17/h6-7,10-13,15,18,22,28H,3-5,8-9H2,1-2H3,(H,24,27)/b23-13-/t18-/m0/s1. The summed E-state index contributed by atoms with van der Waals surface area (Å²) in [5, 5.41) is 21.7. The number of hydrogen-bond donors (Lipinski definition) is 3. The summed E-state index contributed by atoms with van der Waals surface area (Å²) < 4.78 is -0.00146. The first-order chi connectivity index (χ1) is 14.4. The summed E-state index contributed by atoms with van der Waals surface area (Å²) in [5.41, 5.74) is 1.93. The Labute approximate surface area is 185 Å². The minimum atomic E-state index is -0.708. The predicted molar refractivity (Wildman–Crippen MR) is 125 cm³/mol. The molecule has 0 radical (unpaired) electrons. The Morgan fingerprint density at radius 3 is 2.87 bits per heavy atom. The van der Waals surface area contributed by atoms with Crippen LogP contribution in [0.25, 0.3) is 10.9 Å². The van der Waals surface area contributed by atoms with Crippen molar-refractivity contribution in [3.05, 3.63) is 36.0 Å². The van der Waals surface area contributed by atoms with Gasteiger partial charge in [0.2, 0.25) is 0 Å².